The number of sulfonamides is 1. The third-order valence-electron chi connectivity index (χ3n) is 6.26. The molecule has 2 heterocycles. The minimum Gasteiger partial charge on any atom is -0.366 e. The topological polar surface area (TPSA) is 126 Å². The lowest BCUT2D eigenvalue weighted by Gasteiger charge is -2.33. The molecule has 1 saturated heterocycles. The van der Waals surface area contributed by atoms with Gasteiger partial charge in [-0.1, -0.05) is 13.8 Å². The fraction of sp³-hybridized carbons (Fsp3) is 0.478. The number of aromatic nitrogens is 1. The maximum Gasteiger partial charge on any atom is 0.293 e. The van der Waals surface area contributed by atoms with Crippen LogP contribution in [0, 0.1) is 16.0 Å². The van der Waals surface area contributed by atoms with Gasteiger partial charge in [-0.3, -0.25) is 19.9 Å². The summed E-state index contributed by atoms with van der Waals surface area (Å²) in [6.45, 7) is 6.85. The molecule has 1 aromatic heterocycles. The summed E-state index contributed by atoms with van der Waals surface area (Å²) in [5.74, 6) is -0.235. The number of hydrogen-bond acceptors (Lipinski definition) is 7. The Bertz CT molecular complexity index is 1110. The summed E-state index contributed by atoms with van der Waals surface area (Å²) in [6.07, 6.45) is 4.46. The first-order valence-electron chi connectivity index (χ1n) is 11.4. The van der Waals surface area contributed by atoms with Crippen LogP contribution in [0.4, 0.5) is 11.4 Å². The molecule has 1 unspecified atom stereocenters. The van der Waals surface area contributed by atoms with Crippen LogP contribution in [0.25, 0.3) is 0 Å². The molecule has 2 aromatic rings. The lowest BCUT2D eigenvalue weighted by atomic mass is 9.94. The molecule has 34 heavy (non-hydrogen) atoms. The van der Waals surface area contributed by atoms with E-state index < -0.39 is 14.9 Å². The molecule has 0 aliphatic carbocycles. The smallest absolute Gasteiger partial charge is 0.293 e. The Morgan fingerprint density at radius 2 is 1.82 bits per heavy atom. The van der Waals surface area contributed by atoms with Gasteiger partial charge in [-0.05, 0) is 49.6 Å². The molecule has 1 N–H and O–H groups in total. The average molecular weight is 490 g/mol. The zero-order valence-corrected chi connectivity index (χ0v) is 20.5. The molecule has 184 valence electrons. The number of nitrogens with zero attached hydrogens (tertiary/aromatic N) is 4. The van der Waals surface area contributed by atoms with Gasteiger partial charge in [-0.2, -0.15) is 4.31 Å². The highest BCUT2D eigenvalue weighted by Gasteiger charge is 2.31. The van der Waals surface area contributed by atoms with E-state index in [1.165, 1.54) is 16.4 Å². The van der Waals surface area contributed by atoms with Crippen LogP contribution in [0.5, 0.6) is 0 Å². The van der Waals surface area contributed by atoms with Gasteiger partial charge in [-0.15, -0.1) is 0 Å². The number of benzene rings is 1. The van der Waals surface area contributed by atoms with Crippen molar-refractivity contribution in [3.63, 3.8) is 0 Å². The van der Waals surface area contributed by atoms with Gasteiger partial charge in [0.05, 0.1) is 15.9 Å². The zero-order valence-electron chi connectivity index (χ0n) is 19.7. The highest BCUT2D eigenvalue weighted by molar-refractivity contribution is 7.89. The first-order chi connectivity index (χ1) is 16.2. The van der Waals surface area contributed by atoms with Crippen molar-refractivity contribution in [2.45, 2.75) is 44.6 Å². The van der Waals surface area contributed by atoms with E-state index >= 15 is 0 Å². The van der Waals surface area contributed by atoms with Gasteiger partial charge in [-0.25, -0.2) is 8.42 Å². The maximum atomic E-state index is 12.8. The fourth-order valence-electron chi connectivity index (χ4n) is 4.24. The number of hydrogen-bond donors (Lipinski definition) is 1. The van der Waals surface area contributed by atoms with Gasteiger partial charge in [0.2, 0.25) is 15.9 Å². The van der Waals surface area contributed by atoms with Gasteiger partial charge in [0, 0.05) is 50.6 Å². The van der Waals surface area contributed by atoms with Gasteiger partial charge in [0.15, 0.2) is 0 Å². The molecule has 1 amide bonds. The normalized spacial score (nSPS) is 15.8. The fourth-order valence-corrected chi connectivity index (χ4v) is 5.72. The largest absolute Gasteiger partial charge is 0.366 e. The van der Waals surface area contributed by atoms with E-state index in [-0.39, 0.29) is 41.5 Å². The summed E-state index contributed by atoms with van der Waals surface area (Å²) < 4.78 is 26.9. The zero-order chi connectivity index (χ0) is 24.9. The Morgan fingerprint density at radius 3 is 2.38 bits per heavy atom. The molecule has 0 radical (unpaired) electrons. The molecule has 11 heteroatoms. The molecular weight excluding hydrogens is 458 g/mol. The van der Waals surface area contributed by atoms with E-state index in [1.54, 1.807) is 26.2 Å². The first kappa shape index (κ1) is 25.6. The lowest BCUT2D eigenvalue weighted by Crippen LogP contribution is -2.41. The van der Waals surface area contributed by atoms with Crippen LogP contribution in [0.2, 0.25) is 0 Å². The third kappa shape index (κ3) is 5.53. The van der Waals surface area contributed by atoms with E-state index in [1.807, 2.05) is 24.0 Å². The standard InChI is InChI=1S/C23H31N5O5S/c1-4-27(5-2)34(32,33)20-6-7-21(22(16-20)28(30)31)26-14-10-19(11-15-26)23(29)25-17(3)18-8-12-24-13-9-18/h6-9,12-13,16-17,19H,4-5,10-11,14-15H2,1-3H3,(H,25,29). The van der Waals surface area contributed by atoms with E-state index in [4.69, 9.17) is 0 Å². The molecule has 0 bridgehead atoms. The number of carbonyl (C=O) groups excluding carboxylic acids is 1. The number of anilines is 1. The van der Waals surface area contributed by atoms with Crippen molar-refractivity contribution in [3.05, 3.63) is 58.4 Å². The number of nitro benzene ring substituents is 1. The summed E-state index contributed by atoms with van der Waals surface area (Å²) >= 11 is 0. The summed E-state index contributed by atoms with van der Waals surface area (Å²) in [7, 11) is -3.81. The highest BCUT2D eigenvalue weighted by atomic mass is 32.2. The Morgan fingerprint density at radius 1 is 1.21 bits per heavy atom. The SMILES string of the molecule is CCN(CC)S(=O)(=O)c1ccc(N2CCC(C(=O)NC(C)c3ccncc3)CC2)c([N+](=O)[O-])c1. The molecule has 0 saturated carbocycles. The van der Waals surface area contributed by atoms with Crippen molar-refractivity contribution in [2.24, 2.45) is 5.92 Å². The second-order valence-electron chi connectivity index (χ2n) is 8.27. The van der Waals surface area contributed by atoms with Gasteiger partial charge < -0.3 is 10.2 Å². The molecule has 1 aromatic carbocycles. The Kier molecular flexibility index (Phi) is 8.21. The van der Waals surface area contributed by atoms with Crippen LogP contribution in [0.3, 0.4) is 0 Å². The number of pyridine rings is 1. The number of carbonyl (C=O) groups is 1. The summed E-state index contributed by atoms with van der Waals surface area (Å²) in [4.78, 5) is 29.7. The van der Waals surface area contributed by atoms with Gasteiger partial charge >= 0.3 is 0 Å². The van der Waals surface area contributed by atoms with Crippen LogP contribution < -0.4 is 10.2 Å². The summed E-state index contributed by atoms with van der Waals surface area (Å²) in [5, 5.41) is 14.8. The highest BCUT2D eigenvalue weighted by Crippen LogP contribution is 2.34. The van der Waals surface area contributed by atoms with Crippen molar-refractivity contribution >= 4 is 27.3 Å². The summed E-state index contributed by atoms with van der Waals surface area (Å²) in [6, 6.07) is 7.63. The number of amides is 1. The molecule has 1 aliphatic rings. The van der Waals surface area contributed by atoms with Crippen molar-refractivity contribution in [1.29, 1.82) is 0 Å². The van der Waals surface area contributed by atoms with Crippen LogP contribution in [0.15, 0.2) is 47.6 Å². The Labute approximate surface area is 200 Å². The molecule has 1 atom stereocenters. The van der Waals surface area contributed by atoms with Gasteiger partial charge in [0.1, 0.15) is 5.69 Å². The maximum absolute atomic E-state index is 12.8. The number of rotatable bonds is 9. The lowest BCUT2D eigenvalue weighted by molar-refractivity contribution is -0.384. The van der Waals surface area contributed by atoms with Crippen LogP contribution in [-0.4, -0.2) is 54.7 Å². The Balaban J connectivity index is 1.71. The van der Waals surface area contributed by atoms with E-state index in [2.05, 4.69) is 10.3 Å². The molecule has 1 aliphatic heterocycles. The first-order valence-corrected chi connectivity index (χ1v) is 12.9. The van der Waals surface area contributed by atoms with Gasteiger partial charge in [0.25, 0.3) is 5.69 Å². The predicted octanol–water partition coefficient (Wildman–Crippen LogP) is 3.11. The number of piperidine rings is 1. The van der Waals surface area contributed by atoms with Crippen LogP contribution >= 0.6 is 0 Å². The third-order valence-corrected chi connectivity index (χ3v) is 8.30. The van der Waals surface area contributed by atoms with Crippen molar-refractivity contribution in [2.75, 3.05) is 31.1 Å². The molecular formula is C23H31N5O5S. The minimum absolute atomic E-state index is 0.0425. The number of nitro groups is 1. The number of nitrogens with one attached hydrogen (secondary N) is 1. The quantitative estimate of drug-likeness (QED) is 0.424. The van der Waals surface area contributed by atoms with Crippen LogP contribution in [0.1, 0.15) is 45.2 Å². The van der Waals surface area contributed by atoms with Crippen molar-refractivity contribution in [1.82, 2.24) is 14.6 Å². The van der Waals surface area contributed by atoms with Crippen molar-refractivity contribution in [3.8, 4) is 0 Å². The second kappa shape index (κ2) is 10.9. The summed E-state index contributed by atoms with van der Waals surface area (Å²) in [5.41, 5.74) is 1.09. The molecule has 1 fully saturated rings. The second-order valence-corrected chi connectivity index (χ2v) is 10.2. The van der Waals surface area contributed by atoms with Crippen LogP contribution in [-0.2, 0) is 14.8 Å². The molecule has 3 rings (SSSR count). The minimum atomic E-state index is -3.81. The molecule has 0 spiro atoms. The van der Waals surface area contributed by atoms with Crippen molar-refractivity contribution < 1.29 is 18.1 Å². The average Bonchev–Trinajstić information content (AvgIpc) is 2.84. The molecule has 10 nitrogen and oxygen atoms in total. The van der Waals surface area contributed by atoms with E-state index in [9.17, 15) is 23.3 Å². The van der Waals surface area contributed by atoms with E-state index in [0.29, 0.717) is 31.6 Å². The Hall–Kier alpha value is -3.05. The predicted molar refractivity (Wildman–Crippen MR) is 129 cm³/mol. The van der Waals surface area contributed by atoms with E-state index in [0.717, 1.165) is 11.6 Å². The monoisotopic (exact) mass is 489 g/mol.